The molecule has 0 saturated heterocycles. The summed E-state index contributed by atoms with van der Waals surface area (Å²) in [7, 11) is 5.28. The molecule has 3 aromatic heterocycles. The molecular weight excluding hydrogens is 356 g/mol. The lowest BCUT2D eigenvalue weighted by Crippen LogP contribution is -2.20. The Kier molecular flexibility index (Phi) is 4.35. The van der Waals surface area contributed by atoms with E-state index in [-0.39, 0.29) is 5.91 Å². The van der Waals surface area contributed by atoms with Gasteiger partial charge in [-0.1, -0.05) is 0 Å². The number of aryl methyl sites for hydroxylation is 1. The van der Waals surface area contributed by atoms with Gasteiger partial charge in [-0.25, -0.2) is 9.97 Å². The average Bonchev–Trinajstić information content (AvgIpc) is 3.35. The second-order valence-electron chi connectivity index (χ2n) is 6.74. The zero-order valence-corrected chi connectivity index (χ0v) is 16.1. The zero-order valence-electron chi connectivity index (χ0n) is 16.1. The molecule has 0 bridgehead atoms. The molecule has 0 unspecified atom stereocenters. The predicted molar refractivity (Wildman–Crippen MR) is 107 cm³/mol. The third-order valence-corrected chi connectivity index (χ3v) is 4.50. The standard InChI is InChI=1S/C21H20N4O3/c1-13-5-10-19(27-13)25(4)20-15-11-14(6-7-16(15)22-12-23-20)17-8-9-18(28-17)21(26)24(2)3/h5-12H,1-4H3. The summed E-state index contributed by atoms with van der Waals surface area (Å²) < 4.78 is 11.5. The normalized spacial score (nSPS) is 11.0. The summed E-state index contributed by atoms with van der Waals surface area (Å²) in [5, 5.41) is 0.855. The summed E-state index contributed by atoms with van der Waals surface area (Å²) in [6.45, 7) is 1.90. The highest BCUT2D eigenvalue weighted by Crippen LogP contribution is 2.32. The fourth-order valence-electron chi connectivity index (χ4n) is 3.00. The number of carbonyl (C=O) groups excluding carboxylic acids is 1. The van der Waals surface area contributed by atoms with Gasteiger partial charge in [-0.05, 0) is 43.3 Å². The Morgan fingerprint density at radius 3 is 2.50 bits per heavy atom. The van der Waals surface area contributed by atoms with E-state index in [1.54, 1.807) is 26.2 Å². The lowest BCUT2D eigenvalue weighted by molar-refractivity contribution is 0.0797. The maximum Gasteiger partial charge on any atom is 0.289 e. The molecule has 0 N–H and O–H groups in total. The van der Waals surface area contributed by atoms with Crippen molar-refractivity contribution in [2.24, 2.45) is 0 Å². The number of amides is 1. The van der Waals surface area contributed by atoms with Gasteiger partial charge in [0.05, 0.1) is 5.52 Å². The van der Waals surface area contributed by atoms with Gasteiger partial charge in [0, 0.05) is 38.2 Å². The van der Waals surface area contributed by atoms with Gasteiger partial charge in [-0.2, -0.15) is 0 Å². The fourth-order valence-corrected chi connectivity index (χ4v) is 3.00. The molecule has 0 saturated carbocycles. The lowest BCUT2D eigenvalue weighted by atomic mass is 10.1. The topological polar surface area (TPSA) is 75.6 Å². The van der Waals surface area contributed by atoms with Crippen molar-refractivity contribution in [2.45, 2.75) is 6.92 Å². The quantitative estimate of drug-likeness (QED) is 0.530. The van der Waals surface area contributed by atoms with Crippen LogP contribution in [0, 0.1) is 6.92 Å². The minimum absolute atomic E-state index is 0.177. The minimum Gasteiger partial charge on any atom is -0.451 e. The minimum atomic E-state index is -0.177. The van der Waals surface area contributed by atoms with Gasteiger partial charge >= 0.3 is 0 Å². The Bertz CT molecular complexity index is 1160. The molecule has 28 heavy (non-hydrogen) atoms. The maximum atomic E-state index is 12.1. The molecule has 0 aliphatic heterocycles. The molecular formula is C21H20N4O3. The van der Waals surface area contributed by atoms with Crippen molar-refractivity contribution in [3.8, 4) is 11.3 Å². The number of hydrogen-bond donors (Lipinski definition) is 0. The number of benzene rings is 1. The van der Waals surface area contributed by atoms with Crippen LogP contribution in [-0.4, -0.2) is 41.9 Å². The summed E-state index contributed by atoms with van der Waals surface area (Å²) in [6, 6.07) is 13.1. The number of nitrogens with zero attached hydrogens (tertiary/aromatic N) is 4. The Morgan fingerprint density at radius 1 is 0.964 bits per heavy atom. The van der Waals surface area contributed by atoms with E-state index in [0.717, 1.165) is 28.0 Å². The van der Waals surface area contributed by atoms with Gasteiger partial charge in [0.2, 0.25) is 5.88 Å². The van der Waals surface area contributed by atoms with E-state index in [0.29, 0.717) is 17.4 Å². The molecule has 0 atom stereocenters. The van der Waals surface area contributed by atoms with Crippen LogP contribution in [0.1, 0.15) is 16.3 Å². The average molecular weight is 376 g/mol. The number of aromatic nitrogens is 2. The molecule has 4 aromatic rings. The lowest BCUT2D eigenvalue weighted by Gasteiger charge is -2.17. The van der Waals surface area contributed by atoms with E-state index in [1.807, 2.05) is 49.2 Å². The molecule has 0 fully saturated rings. The van der Waals surface area contributed by atoms with Crippen LogP contribution in [0.25, 0.3) is 22.2 Å². The van der Waals surface area contributed by atoms with Crippen molar-refractivity contribution >= 4 is 28.5 Å². The van der Waals surface area contributed by atoms with Crippen molar-refractivity contribution in [1.29, 1.82) is 0 Å². The Hall–Kier alpha value is -3.61. The molecule has 0 aliphatic rings. The first kappa shape index (κ1) is 17.8. The van der Waals surface area contributed by atoms with Crippen molar-refractivity contribution < 1.29 is 13.6 Å². The van der Waals surface area contributed by atoms with Crippen LogP contribution in [0.3, 0.4) is 0 Å². The van der Waals surface area contributed by atoms with Gasteiger partial charge in [0.1, 0.15) is 23.7 Å². The summed E-state index contributed by atoms with van der Waals surface area (Å²) in [6.07, 6.45) is 1.53. The van der Waals surface area contributed by atoms with Gasteiger partial charge < -0.3 is 13.7 Å². The van der Waals surface area contributed by atoms with Crippen LogP contribution >= 0.6 is 0 Å². The van der Waals surface area contributed by atoms with Crippen molar-refractivity contribution in [3.05, 3.63) is 60.3 Å². The highest BCUT2D eigenvalue weighted by molar-refractivity contribution is 5.94. The monoisotopic (exact) mass is 376 g/mol. The first-order valence-electron chi connectivity index (χ1n) is 8.81. The Labute approximate surface area is 162 Å². The van der Waals surface area contributed by atoms with Gasteiger partial charge in [-0.3, -0.25) is 9.69 Å². The van der Waals surface area contributed by atoms with Crippen LogP contribution in [0.4, 0.5) is 11.7 Å². The molecule has 4 rings (SSSR count). The number of hydrogen-bond acceptors (Lipinski definition) is 6. The Morgan fingerprint density at radius 2 is 1.79 bits per heavy atom. The first-order valence-corrected chi connectivity index (χ1v) is 8.81. The number of furan rings is 2. The maximum absolute atomic E-state index is 12.1. The van der Waals surface area contributed by atoms with Crippen LogP contribution in [-0.2, 0) is 0 Å². The van der Waals surface area contributed by atoms with Crippen LogP contribution in [0.2, 0.25) is 0 Å². The van der Waals surface area contributed by atoms with Crippen LogP contribution in [0.5, 0.6) is 0 Å². The van der Waals surface area contributed by atoms with E-state index in [2.05, 4.69) is 9.97 Å². The third-order valence-electron chi connectivity index (χ3n) is 4.50. The van der Waals surface area contributed by atoms with E-state index in [4.69, 9.17) is 8.83 Å². The zero-order chi connectivity index (χ0) is 19.8. The van der Waals surface area contributed by atoms with Crippen molar-refractivity contribution in [2.75, 3.05) is 26.0 Å². The summed E-state index contributed by atoms with van der Waals surface area (Å²) >= 11 is 0. The van der Waals surface area contributed by atoms with Crippen molar-refractivity contribution in [1.82, 2.24) is 14.9 Å². The highest BCUT2D eigenvalue weighted by atomic mass is 16.4. The van der Waals surface area contributed by atoms with Crippen molar-refractivity contribution in [3.63, 3.8) is 0 Å². The first-order chi connectivity index (χ1) is 13.4. The summed E-state index contributed by atoms with van der Waals surface area (Å²) in [5.41, 5.74) is 1.64. The van der Waals surface area contributed by atoms with Gasteiger partial charge in [0.15, 0.2) is 5.76 Å². The van der Waals surface area contributed by atoms with E-state index in [9.17, 15) is 4.79 Å². The third kappa shape index (κ3) is 3.11. The molecule has 1 amide bonds. The van der Waals surface area contributed by atoms with Gasteiger partial charge in [0.25, 0.3) is 5.91 Å². The van der Waals surface area contributed by atoms with Crippen LogP contribution in [0.15, 0.2) is 57.6 Å². The number of anilines is 2. The van der Waals surface area contributed by atoms with E-state index in [1.165, 1.54) is 11.2 Å². The molecule has 7 nitrogen and oxygen atoms in total. The fraction of sp³-hybridized carbons (Fsp3) is 0.190. The molecule has 0 aliphatic carbocycles. The second-order valence-corrected chi connectivity index (χ2v) is 6.74. The molecule has 0 radical (unpaired) electrons. The smallest absolute Gasteiger partial charge is 0.289 e. The second kappa shape index (κ2) is 6.84. The largest absolute Gasteiger partial charge is 0.451 e. The van der Waals surface area contributed by atoms with Crippen LogP contribution < -0.4 is 4.90 Å². The number of fused-ring (bicyclic) bond motifs is 1. The predicted octanol–water partition coefficient (Wildman–Crippen LogP) is 4.26. The number of carbonyl (C=O) groups is 1. The molecule has 7 heteroatoms. The number of rotatable bonds is 4. The summed E-state index contributed by atoms with van der Waals surface area (Å²) in [4.78, 5) is 24.3. The highest BCUT2D eigenvalue weighted by Gasteiger charge is 2.17. The summed E-state index contributed by atoms with van der Waals surface area (Å²) in [5.74, 6) is 2.97. The SMILES string of the molecule is Cc1ccc(N(C)c2ncnc3ccc(-c4ccc(C(=O)N(C)C)o4)cc23)o1. The molecule has 142 valence electrons. The molecule has 3 heterocycles. The Balaban J connectivity index is 1.77. The van der Waals surface area contributed by atoms with E-state index < -0.39 is 0 Å². The van der Waals surface area contributed by atoms with E-state index >= 15 is 0 Å². The molecule has 1 aromatic carbocycles. The molecule has 0 spiro atoms. The van der Waals surface area contributed by atoms with Gasteiger partial charge in [-0.15, -0.1) is 0 Å².